The summed E-state index contributed by atoms with van der Waals surface area (Å²) in [7, 11) is -3.74. The standard InChI is InChI=1S/C24H22N2O4S/c27-31(28,18-10-11-23-24(14-18)30-13-12-29-23)26-16-20(17-6-2-1-3-7-17)21-15-25-22-9-5-4-8-19(21)22/h1-11,14-15,20,25-26H,12-13,16H2/t20-/m0/s1. The van der Waals surface area contributed by atoms with Gasteiger partial charge in [0.1, 0.15) is 13.2 Å². The van der Waals surface area contributed by atoms with Gasteiger partial charge >= 0.3 is 0 Å². The molecular weight excluding hydrogens is 412 g/mol. The van der Waals surface area contributed by atoms with E-state index in [-0.39, 0.29) is 17.4 Å². The quantitative estimate of drug-likeness (QED) is 0.480. The molecular formula is C24H22N2O4S. The molecule has 1 aliphatic rings. The lowest BCUT2D eigenvalue weighted by Crippen LogP contribution is -2.29. The summed E-state index contributed by atoms with van der Waals surface area (Å²) in [5, 5.41) is 1.08. The van der Waals surface area contributed by atoms with E-state index < -0.39 is 10.0 Å². The molecule has 3 aromatic carbocycles. The smallest absolute Gasteiger partial charge is 0.240 e. The van der Waals surface area contributed by atoms with Crippen molar-refractivity contribution in [2.24, 2.45) is 0 Å². The Balaban J connectivity index is 1.46. The van der Waals surface area contributed by atoms with Crippen LogP contribution in [0.2, 0.25) is 0 Å². The van der Waals surface area contributed by atoms with Crippen LogP contribution in [0.4, 0.5) is 0 Å². The van der Waals surface area contributed by atoms with Crippen LogP contribution in [0.1, 0.15) is 17.0 Å². The Bertz CT molecular complexity index is 1320. The zero-order valence-corrected chi connectivity index (χ0v) is 17.6. The molecule has 6 nitrogen and oxygen atoms in total. The molecule has 0 aliphatic carbocycles. The van der Waals surface area contributed by atoms with E-state index in [1.165, 1.54) is 6.07 Å². The van der Waals surface area contributed by atoms with Gasteiger partial charge in [-0.05, 0) is 29.3 Å². The molecule has 1 aromatic heterocycles. The number of para-hydroxylation sites is 1. The monoisotopic (exact) mass is 434 g/mol. The molecule has 1 aliphatic heterocycles. The number of hydrogen-bond acceptors (Lipinski definition) is 4. The summed E-state index contributed by atoms with van der Waals surface area (Å²) in [5.41, 5.74) is 3.11. The van der Waals surface area contributed by atoms with Crippen molar-refractivity contribution in [3.05, 3.63) is 90.1 Å². The largest absolute Gasteiger partial charge is 0.486 e. The van der Waals surface area contributed by atoms with Gasteiger partial charge in [0.05, 0.1) is 4.90 Å². The van der Waals surface area contributed by atoms with Gasteiger partial charge in [0.25, 0.3) is 0 Å². The van der Waals surface area contributed by atoms with Crippen molar-refractivity contribution in [3.8, 4) is 11.5 Å². The van der Waals surface area contributed by atoms with E-state index in [9.17, 15) is 8.42 Å². The highest BCUT2D eigenvalue weighted by atomic mass is 32.2. The lowest BCUT2D eigenvalue weighted by atomic mass is 9.91. The molecule has 0 amide bonds. The first kappa shape index (κ1) is 19.7. The number of sulfonamides is 1. The fourth-order valence-electron chi connectivity index (χ4n) is 3.94. The van der Waals surface area contributed by atoms with Crippen molar-refractivity contribution in [3.63, 3.8) is 0 Å². The number of benzene rings is 3. The molecule has 0 saturated carbocycles. The topological polar surface area (TPSA) is 80.4 Å². The predicted molar refractivity (Wildman–Crippen MR) is 119 cm³/mol. The van der Waals surface area contributed by atoms with Crippen molar-refractivity contribution in [1.82, 2.24) is 9.71 Å². The predicted octanol–water partition coefficient (Wildman–Crippen LogP) is 4.05. The van der Waals surface area contributed by atoms with Crippen LogP contribution in [-0.2, 0) is 10.0 Å². The highest BCUT2D eigenvalue weighted by Gasteiger charge is 2.23. The average molecular weight is 435 g/mol. The Morgan fingerprint density at radius 3 is 2.48 bits per heavy atom. The summed E-state index contributed by atoms with van der Waals surface area (Å²) < 4.78 is 40.0. The molecule has 0 radical (unpaired) electrons. The van der Waals surface area contributed by atoms with E-state index in [0.717, 1.165) is 22.0 Å². The molecule has 0 saturated heterocycles. The van der Waals surface area contributed by atoms with Crippen LogP contribution >= 0.6 is 0 Å². The number of aromatic amines is 1. The number of aromatic nitrogens is 1. The molecule has 0 unspecified atom stereocenters. The van der Waals surface area contributed by atoms with Gasteiger partial charge in [-0.3, -0.25) is 0 Å². The molecule has 0 spiro atoms. The molecule has 0 bridgehead atoms. The zero-order valence-electron chi connectivity index (χ0n) is 16.7. The summed E-state index contributed by atoms with van der Waals surface area (Å²) in [6, 6.07) is 22.6. The summed E-state index contributed by atoms with van der Waals surface area (Å²) in [5.74, 6) is 0.862. The van der Waals surface area contributed by atoms with Crippen LogP contribution in [0.5, 0.6) is 11.5 Å². The van der Waals surface area contributed by atoms with Crippen LogP contribution in [-0.4, -0.2) is 33.2 Å². The van der Waals surface area contributed by atoms with E-state index in [1.54, 1.807) is 12.1 Å². The first-order chi connectivity index (χ1) is 15.1. The van der Waals surface area contributed by atoms with Gasteiger partial charge in [-0.2, -0.15) is 0 Å². The molecule has 7 heteroatoms. The fourth-order valence-corrected chi connectivity index (χ4v) is 5.00. The molecule has 2 heterocycles. The van der Waals surface area contributed by atoms with Gasteiger partial charge in [0.2, 0.25) is 10.0 Å². The van der Waals surface area contributed by atoms with Crippen molar-refractivity contribution in [1.29, 1.82) is 0 Å². The fraction of sp³-hybridized carbons (Fsp3) is 0.167. The van der Waals surface area contributed by atoms with Crippen LogP contribution < -0.4 is 14.2 Å². The summed E-state index contributed by atoms with van der Waals surface area (Å²) >= 11 is 0. The normalized spacial score (nSPS) is 14.5. The number of ether oxygens (including phenoxy) is 2. The molecule has 0 fully saturated rings. The second kappa shape index (κ2) is 8.09. The van der Waals surface area contributed by atoms with E-state index in [1.807, 2.05) is 60.8 Å². The molecule has 158 valence electrons. The Hall–Kier alpha value is -3.29. The van der Waals surface area contributed by atoms with Crippen molar-refractivity contribution in [2.45, 2.75) is 10.8 Å². The van der Waals surface area contributed by atoms with Gasteiger partial charge in [-0.25, -0.2) is 13.1 Å². The Morgan fingerprint density at radius 1 is 0.903 bits per heavy atom. The second-order valence-corrected chi connectivity index (χ2v) is 9.18. The minimum Gasteiger partial charge on any atom is -0.486 e. The van der Waals surface area contributed by atoms with Gasteiger partial charge in [0.15, 0.2) is 11.5 Å². The lowest BCUT2D eigenvalue weighted by Gasteiger charge is -2.20. The zero-order chi connectivity index (χ0) is 21.3. The van der Waals surface area contributed by atoms with Crippen molar-refractivity contribution < 1.29 is 17.9 Å². The van der Waals surface area contributed by atoms with Crippen LogP contribution in [0, 0.1) is 0 Å². The van der Waals surface area contributed by atoms with Crippen LogP contribution in [0.3, 0.4) is 0 Å². The maximum absolute atomic E-state index is 13.1. The van der Waals surface area contributed by atoms with Gasteiger partial charge in [-0.1, -0.05) is 48.5 Å². The van der Waals surface area contributed by atoms with E-state index >= 15 is 0 Å². The highest BCUT2D eigenvalue weighted by Crippen LogP contribution is 2.33. The molecule has 4 aromatic rings. The number of H-pyrrole nitrogens is 1. The van der Waals surface area contributed by atoms with E-state index in [2.05, 4.69) is 9.71 Å². The highest BCUT2D eigenvalue weighted by molar-refractivity contribution is 7.89. The van der Waals surface area contributed by atoms with Gasteiger partial charge in [-0.15, -0.1) is 0 Å². The minimum atomic E-state index is -3.74. The number of nitrogens with one attached hydrogen (secondary N) is 2. The summed E-state index contributed by atoms with van der Waals surface area (Å²) in [4.78, 5) is 3.45. The van der Waals surface area contributed by atoms with Crippen molar-refractivity contribution >= 4 is 20.9 Å². The second-order valence-electron chi connectivity index (χ2n) is 7.41. The number of fused-ring (bicyclic) bond motifs is 2. The first-order valence-corrected chi connectivity index (χ1v) is 11.6. The van der Waals surface area contributed by atoms with E-state index in [0.29, 0.717) is 24.7 Å². The third kappa shape index (κ3) is 3.89. The van der Waals surface area contributed by atoms with Crippen LogP contribution in [0.25, 0.3) is 10.9 Å². The Kier molecular flexibility index (Phi) is 5.13. The minimum absolute atomic E-state index is 0.149. The number of hydrogen-bond donors (Lipinski definition) is 2. The van der Waals surface area contributed by atoms with Crippen LogP contribution in [0.15, 0.2) is 83.9 Å². The van der Waals surface area contributed by atoms with Gasteiger partial charge < -0.3 is 14.5 Å². The molecule has 5 rings (SSSR count). The van der Waals surface area contributed by atoms with E-state index in [4.69, 9.17) is 9.47 Å². The Labute approximate surface area is 180 Å². The average Bonchev–Trinajstić information content (AvgIpc) is 3.23. The lowest BCUT2D eigenvalue weighted by molar-refractivity contribution is 0.171. The maximum atomic E-state index is 13.1. The third-order valence-corrected chi connectivity index (χ3v) is 6.92. The van der Waals surface area contributed by atoms with Crippen molar-refractivity contribution in [2.75, 3.05) is 19.8 Å². The number of rotatable bonds is 6. The first-order valence-electron chi connectivity index (χ1n) is 10.1. The molecule has 31 heavy (non-hydrogen) atoms. The Morgan fingerprint density at radius 2 is 1.65 bits per heavy atom. The third-order valence-electron chi connectivity index (χ3n) is 5.50. The SMILES string of the molecule is O=S(=O)(NC[C@@H](c1ccccc1)c1c[nH]c2ccccc12)c1ccc2c(c1)OCCO2. The summed E-state index contributed by atoms with van der Waals surface area (Å²) in [6.07, 6.45) is 1.96. The molecule has 2 N–H and O–H groups in total. The molecule has 1 atom stereocenters. The maximum Gasteiger partial charge on any atom is 0.240 e. The summed E-state index contributed by atoms with van der Waals surface area (Å²) in [6.45, 7) is 1.09. The van der Waals surface area contributed by atoms with Gasteiger partial charge in [0, 0.05) is 35.6 Å².